The molecular weight excluding hydrogens is 176 g/mol. The molecule has 0 atom stereocenters. The van der Waals surface area contributed by atoms with Crippen molar-refractivity contribution in [3.8, 4) is 6.07 Å². The van der Waals surface area contributed by atoms with Crippen LogP contribution in [-0.4, -0.2) is 18.8 Å². The summed E-state index contributed by atoms with van der Waals surface area (Å²) in [6.45, 7) is 0.807. The third-order valence-electron chi connectivity index (χ3n) is 2.76. The van der Waals surface area contributed by atoms with E-state index in [1.165, 1.54) is 0 Å². The minimum Gasteiger partial charge on any atom is -0.378 e. The van der Waals surface area contributed by atoms with E-state index in [0.29, 0.717) is 18.6 Å². The molecule has 0 amide bonds. The van der Waals surface area contributed by atoms with E-state index >= 15 is 0 Å². The molecule has 3 nitrogen and oxygen atoms in total. The average molecular weight is 196 g/mol. The maximum absolute atomic E-state index is 8.34. The SMILES string of the molecule is N#CCCCCOC1CCC(N)CC1. The van der Waals surface area contributed by atoms with Gasteiger partial charge in [0.05, 0.1) is 12.2 Å². The molecule has 1 aliphatic rings. The number of unbranched alkanes of at least 4 members (excludes halogenated alkanes) is 2. The van der Waals surface area contributed by atoms with E-state index in [1.807, 2.05) is 0 Å². The number of hydrogen-bond donors (Lipinski definition) is 1. The fraction of sp³-hybridized carbons (Fsp3) is 0.909. The van der Waals surface area contributed by atoms with Crippen LogP contribution in [-0.2, 0) is 4.74 Å². The molecular formula is C11H20N2O. The minimum atomic E-state index is 0.397. The average Bonchev–Trinajstić information content (AvgIpc) is 2.21. The Bertz CT molecular complexity index is 180. The van der Waals surface area contributed by atoms with Crippen molar-refractivity contribution in [1.82, 2.24) is 0 Å². The van der Waals surface area contributed by atoms with Crippen molar-refractivity contribution in [2.45, 2.75) is 57.1 Å². The van der Waals surface area contributed by atoms with Gasteiger partial charge < -0.3 is 10.5 Å². The van der Waals surface area contributed by atoms with Crippen LogP contribution < -0.4 is 5.73 Å². The highest BCUT2D eigenvalue weighted by atomic mass is 16.5. The van der Waals surface area contributed by atoms with Gasteiger partial charge in [0.2, 0.25) is 0 Å². The lowest BCUT2D eigenvalue weighted by atomic mass is 9.94. The summed E-state index contributed by atoms with van der Waals surface area (Å²) >= 11 is 0. The van der Waals surface area contributed by atoms with E-state index in [1.54, 1.807) is 0 Å². The first-order valence-electron chi connectivity index (χ1n) is 5.57. The zero-order valence-corrected chi connectivity index (χ0v) is 8.74. The zero-order chi connectivity index (χ0) is 10.2. The van der Waals surface area contributed by atoms with Crippen LogP contribution in [0.25, 0.3) is 0 Å². The highest BCUT2D eigenvalue weighted by molar-refractivity contribution is 4.74. The van der Waals surface area contributed by atoms with Crippen molar-refractivity contribution < 1.29 is 4.74 Å². The van der Waals surface area contributed by atoms with Gasteiger partial charge in [0, 0.05) is 19.1 Å². The van der Waals surface area contributed by atoms with Crippen molar-refractivity contribution in [2.75, 3.05) is 6.61 Å². The first kappa shape index (κ1) is 11.5. The van der Waals surface area contributed by atoms with Crippen LogP contribution in [0.4, 0.5) is 0 Å². The van der Waals surface area contributed by atoms with Crippen LogP contribution in [0, 0.1) is 11.3 Å². The molecule has 0 aromatic heterocycles. The highest BCUT2D eigenvalue weighted by Gasteiger charge is 2.18. The monoisotopic (exact) mass is 196 g/mol. The normalized spacial score (nSPS) is 27.1. The number of hydrogen-bond acceptors (Lipinski definition) is 3. The molecule has 0 saturated heterocycles. The molecule has 0 aliphatic heterocycles. The fourth-order valence-electron chi connectivity index (χ4n) is 1.81. The van der Waals surface area contributed by atoms with Gasteiger partial charge in [-0.3, -0.25) is 0 Å². The number of rotatable bonds is 5. The van der Waals surface area contributed by atoms with Gasteiger partial charge in [0.15, 0.2) is 0 Å². The summed E-state index contributed by atoms with van der Waals surface area (Å²) in [5.74, 6) is 0. The smallest absolute Gasteiger partial charge is 0.0621 e. The Labute approximate surface area is 86.2 Å². The number of nitriles is 1. The second-order valence-electron chi connectivity index (χ2n) is 4.02. The van der Waals surface area contributed by atoms with Crippen LogP contribution in [0.15, 0.2) is 0 Å². The van der Waals surface area contributed by atoms with Crippen LogP contribution in [0.3, 0.4) is 0 Å². The van der Waals surface area contributed by atoms with Crippen molar-refractivity contribution in [3.63, 3.8) is 0 Å². The van der Waals surface area contributed by atoms with Crippen molar-refractivity contribution >= 4 is 0 Å². The third kappa shape index (κ3) is 4.59. The van der Waals surface area contributed by atoms with E-state index in [0.717, 1.165) is 45.1 Å². The maximum atomic E-state index is 8.34. The van der Waals surface area contributed by atoms with E-state index < -0.39 is 0 Å². The first-order chi connectivity index (χ1) is 6.83. The Kier molecular flexibility index (Phi) is 5.58. The molecule has 2 N–H and O–H groups in total. The van der Waals surface area contributed by atoms with Gasteiger partial charge in [-0.1, -0.05) is 0 Å². The molecule has 0 radical (unpaired) electrons. The van der Waals surface area contributed by atoms with E-state index in [9.17, 15) is 0 Å². The molecule has 0 unspecified atom stereocenters. The standard InChI is InChI=1S/C11H20N2O/c12-8-2-1-3-9-14-11-6-4-10(13)5-7-11/h10-11H,1-7,9,13H2. The molecule has 0 bridgehead atoms. The maximum Gasteiger partial charge on any atom is 0.0621 e. The molecule has 0 spiro atoms. The summed E-state index contributed by atoms with van der Waals surface area (Å²) in [6.07, 6.45) is 7.47. The van der Waals surface area contributed by atoms with Crippen LogP contribution in [0.1, 0.15) is 44.9 Å². The Balaban J connectivity index is 1.94. The second-order valence-corrected chi connectivity index (χ2v) is 4.02. The lowest BCUT2D eigenvalue weighted by molar-refractivity contribution is 0.0234. The lowest BCUT2D eigenvalue weighted by Crippen LogP contribution is -2.30. The van der Waals surface area contributed by atoms with Crippen LogP contribution in [0.2, 0.25) is 0 Å². The Morgan fingerprint density at radius 3 is 2.57 bits per heavy atom. The summed E-state index contributed by atoms with van der Waals surface area (Å²) in [4.78, 5) is 0. The molecule has 1 fully saturated rings. The molecule has 1 rings (SSSR count). The molecule has 1 aliphatic carbocycles. The minimum absolute atomic E-state index is 0.397. The van der Waals surface area contributed by atoms with Crippen LogP contribution >= 0.6 is 0 Å². The van der Waals surface area contributed by atoms with Gasteiger partial charge in [-0.05, 0) is 38.5 Å². The largest absolute Gasteiger partial charge is 0.378 e. The molecule has 3 heteroatoms. The highest BCUT2D eigenvalue weighted by Crippen LogP contribution is 2.19. The summed E-state index contributed by atoms with van der Waals surface area (Å²) < 4.78 is 5.71. The molecule has 0 aromatic carbocycles. The predicted octanol–water partition coefficient (Wildman–Crippen LogP) is 1.97. The van der Waals surface area contributed by atoms with Crippen LogP contribution in [0.5, 0.6) is 0 Å². The molecule has 80 valence electrons. The Hall–Kier alpha value is -0.590. The molecule has 0 heterocycles. The first-order valence-corrected chi connectivity index (χ1v) is 5.57. The Morgan fingerprint density at radius 1 is 1.21 bits per heavy atom. The van der Waals surface area contributed by atoms with Gasteiger partial charge in [0.25, 0.3) is 0 Å². The lowest BCUT2D eigenvalue weighted by Gasteiger charge is -2.26. The number of nitrogens with two attached hydrogens (primary N) is 1. The summed E-state index contributed by atoms with van der Waals surface area (Å²) in [7, 11) is 0. The summed E-state index contributed by atoms with van der Waals surface area (Å²) in [5, 5.41) is 8.34. The van der Waals surface area contributed by atoms with Gasteiger partial charge in [-0.25, -0.2) is 0 Å². The summed E-state index contributed by atoms with van der Waals surface area (Å²) in [5.41, 5.74) is 5.80. The third-order valence-corrected chi connectivity index (χ3v) is 2.76. The van der Waals surface area contributed by atoms with Gasteiger partial charge in [-0.2, -0.15) is 5.26 Å². The molecule has 14 heavy (non-hydrogen) atoms. The van der Waals surface area contributed by atoms with E-state index in [2.05, 4.69) is 6.07 Å². The van der Waals surface area contributed by atoms with Crippen molar-refractivity contribution in [3.05, 3.63) is 0 Å². The Morgan fingerprint density at radius 2 is 1.93 bits per heavy atom. The molecule has 1 saturated carbocycles. The van der Waals surface area contributed by atoms with E-state index in [-0.39, 0.29) is 0 Å². The van der Waals surface area contributed by atoms with E-state index in [4.69, 9.17) is 15.7 Å². The van der Waals surface area contributed by atoms with Gasteiger partial charge >= 0.3 is 0 Å². The van der Waals surface area contributed by atoms with Crippen molar-refractivity contribution in [1.29, 1.82) is 5.26 Å². The van der Waals surface area contributed by atoms with Gasteiger partial charge in [-0.15, -0.1) is 0 Å². The summed E-state index contributed by atoms with van der Waals surface area (Å²) in [6, 6.07) is 2.54. The van der Waals surface area contributed by atoms with Crippen molar-refractivity contribution in [2.24, 2.45) is 5.73 Å². The van der Waals surface area contributed by atoms with Gasteiger partial charge in [0.1, 0.15) is 0 Å². The second kappa shape index (κ2) is 6.80. The topological polar surface area (TPSA) is 59.0 Å². The zero-order valence-electron chi connectivity index (χ0n) is 8.74. The fourth-order valence-corrected chi connectivity index (χ4v) is 1.81. The number of nitrogens with zero attached hydrogens (tertiary/aromatic N) is 1. The molecule has 0 aromatic rings. The quantitative estimate of drug-likeness (QED) is 0.684. The number of ether oxygens (including phenoxy) is 1. The predicted molar refractivity (Wildman–Crippen MR) is 55.6 cm³/mol.